The number of allylic oxidation sites excluding steroid dienone is 2. The highest BCUT2D eigenvalue weighted by molar-refractivity contribution is 7.47. The van der Waals surface area contributed by atoms with E-state index >= 15 is 0 Å². The maximum Gasteiger partial charge on any atom is 0.472 e. The van der Waals surface area contributed by atoms with Crippen LogP contribution in [0, 0.1) is 5.82 Å². The van der Waals surface area contributed by atoms with Crippen LogP contribution < -0.4 is 11.2 Å². The molecule has 2 heterocycles. The maximum atomic E-state index is 13.9. The molecular weight excluding hydrogens is 620 g/mol. The highest BCUT2D eigenvalue weighted by atomic mass is 31.2. The molecule has 1 aliphatic rings. The number of hydrogen-bond acceptors (Lipinski definition) is 8. The number of hydrogen-bond donors (Lipinski definition) is 2. The number of quaternary nitrogens is 1. The Morgan fingerprint density at radius 2 is 1.65 bits per heavy atom. The highest BCUT2D eigenvalue weighted by Gasteiger charge is 2.41. The number of aromatic nitrogens is 2. The Kier molecular flexibility index (Phi) is 18.2. The average Bonchev–Trinajstić information content (AvgIpc) is 3.37. The smallest absolute Gasteiger partial charge is 0.459 e. The molecule has 12 nitrogen and oxygen atoms in total. The van der Waals surface area contributed by atoms with Crippen LogP contribution in [0.2, 0.25) is 0 Å². The van der Waals surface area contributed by atoms with Gasteiger partial charge in [0.1, 0.15) is 31.6 Å². The minimum absolute atomic E-state index is 0.0359. The summed E-state index contributed by atoms with van der Waals surface area (Å²) < 4.78 is 49.3. The van der Waals surface area contributed by atoms with Gasteiger partial charge < -0.3 is 18.9 Å². The van der Waals surface area contributed by atoms with Crippen LogP contribution in [-0.2, 0) is 27.9 Å². The fourth-order valence-corrected chi connectivity index (χ4v) is 5.74. The number of halogens is 1. The van der Waals surface area contributed by atoms with E-state index in [9.17, 15) is 28.2 Å². The van der Waals surface area contributed by atoms with Crippen molar-refractivity contribution in [1.82, 2.24) is 9.55 Å². The topological polar surface area (TPSA) is 146 Å². The number of esters is 1. The lowest BCUT2D eigenvalue weighted by Crippen LogP contribution is -2.37. The number of H-pyrrole nitrogens is 1. The zero-order valence-corrected chi connectivity index (χ0v) is 29.0. The van der Waals surface area contributed by atoms with Gasteiger partial charge in [0.05, 0.1) is 33.9 Å². The SMILES string of the molecule is CCCCCCCC/C=C/CCCCCCCC(=O)OC1CC(n2cc(F)c(=O)[nH]c2=O)OC1COP(=O)(O)OCC[N+](C)(C)C. The average molecular weight is 677 g/mol. The normalized spacial score (nSPS) is 19.9. The Balaban J connectivity index is 1.79. The first-order chi connectivity index (χ1) is 21.8. The summed E-state index contributed by atoms with van der Waals surface area (Å²) in [6.07, 6.45) is 17.0. The number of nitrogens with one attached hydrogen (secondary N) is 1. The van der Waals surface area contributed by atoms with Crippen molar-refractivity contribution >= 4 is 13.8 Å². The minimum Gasteiger partial charge on any atom is -0.459 e. The summed E-state index contributed by atoms with van der Waals surface area (Å²) in [5, 5.41) is 0. The van der Waals surface area contributed by atoms with E-state index in [4.69, 9.17) is 18.5 Å². The van der Waals surface area contributed by atoms with E-state index in [2.05, 4.69) is 19.1 Å². The molecular formula is C32H56FN3O9P+. The largest absolute Gasteiger partial charge is 0.472 e. The zero-order valence-electron chi connectivity index (χ0n) is 28.1. The van der Waals surface area contributed by atoms with Crippen LogP contribution in [0.25, 0.3) is 0 Å². The van der Waals surface area contributed by atoms with E-state index in [0.29, 0.717) is 23.6 Å². The number of phosphoric acid groups is 1. The van der Waals surface area contributed by atoms with Gasteiger partial charge in [0.2, 0.25) is 5.82 Å². The van der Waals surface area contributed by atoms with Crippen LogP contribution in [0.4, 0.5) is 4.39 Å². The fourth-order valence-electron chi connectivity index (χ4n) is 5.02. The van der Waals surface area contributed by atoms with E-state index in [-0.39, 0.29) is 19.4 Å². The molecule has 0 radical (unpaired) electrons. The van der Waals surface area contributed by atoms with Crippen molar-refractivity contribution in [3.05, 3.63) is 45.0 Å². The third-order valence-electron chi connectivity index (χ3n) is 7.76. The molecule has 4 atom stereocenters. The first kappa shape index (κ1) is 40.0. The number of unbranched alkanes of at least 4 members (excludes halogenated alkanes) is 11. The lowest BCUT2D eigenvalue weighted by Gasteiger charge is -2.24. The van der Waals surface area contributed by atoms with Gasteiger partial charge in [-0.05, 0) is 32.1 Å². The van der Waals surface area contributed by atoms with Gasteiger partial charge in [-0.25, -0.2) is 9.36 Å². The summed E-state index contributed by atoms with van der Waals surface area (Å²) >= 11 is 0. The molecule has 1 aromatic heterocycles. The predicted molar refractivity (Wildman–Crippen MR) is 174 cm³/mol. The molecule has 14 heteroatoms. The molecule has 2 N–H and O–H groups in total. The molecule has 1 aliphatic heterocycles. The van der Waals surface area contributed by atoms with Gasteiger partial charge in [0.15, 0.2) is 0 Å². The van der Waals surface area contributed by atoms with Crippen molar-refractivity contribution in [2.45, 2.75) is 122 Å². The highest BCUT2D eigenvalue weighted by Crippen LogP contribution is 2.44. The van der Waals surface area contributed by atoms with Crippen LogP contribution in [0.3, 0.4) is 0 Å². The lowest BCUT2D eigenvalue weighted by atomic mass is 10.1. The van der Waals surface area contributed by atoms with Crippen LogP contribution in [-0.4, -0.2) is 78.0 Å². The van der Waals surface area contributed by atoms with E-state index in [0.717, 1.165) is 43.1 Å². The van der Waals surface area contributed by atoms with Crippen molar-refractivity contribution in [3.63, 3.8) is 0 Å². The first-order valence-corrected chi connectivity index (χ1v) is 18.2. The second kappa shape index (κ2) is 21.0. The molecule has 2 rings (SSSR count). The van der Waals surface area contributed by atoms with Gasteiger partial charge in [-0.15, -0.1) is 0 Å². The fraction of sp³-hybridized carbons (Fsp3) is 0.781. The Morgan fingerprint density at radius 1 is 1.04 bits per heavy atom. The summed E-state index contributed by atoms with van der Waals surface area (Å²) in [4.78, 5) is 48.5. The van der Waals surface area contributed by atoms with E-state index in [1.807, 2.05) is 26.1 Å². The van der Waals surface area contributed by atoms with Gasteiger partial charge in [0, 0.05) is 12.8 Å². The molecule has 0 bridgehead atoms. The molecule has 1 saturated heterocycles. The predicted octanol–water partition coefficient (Wildman–Crippen LogP) is 5.75. The summed E-state index contributed by atoms with van der Waals surface area (Å²) in [5.74, 6) is -1.67. The molecule has 0 amide bonds. The maximum absolute atomic E-state index is 13.9. The van der Waals surface area contributed by atoms with Gasteiger partial charge in [-0.2, -0.15) is 4.39 Å². The summed E-state index contributed by atoms with van der Waals surface area (Å²) in [5.41, 5.74) is -2.08. The van der Waals surface area contributed by atoms with Crippen molar-refractivity contribution < 1.29 is 41.6 Å². The lowest BCUT2D eigenvalue weighted by molar-refractivity contribution is -0.870. The monoisotopic (exact) mass is 676 g/mol. The number of ether oxygens (including phenoxy) is 2. The Hall–Kier alpha value is -2.15. The Morgan fingerprint density at radius 3 is 2.28 bits per heavy atom. The van der Waals surface area contributed by atoms with Crippen LogP contribution in [0.5, 0.6) is 0 Å². The van der Waals surface area contributed by atoms with E-state index < -0.39 is 55.9 Å². The van der Waals surface area contributed by atoms with Crippen LogP contribution in [0.15, 0.2) is 27.9 Å². The molecule has 4 unspecified atom stereocenters. The zero-order chi connectivity index (χ0) is 34.0. The number of aromatic amines is 1. The van der Waals surface area contributed by atoms with Crippen molar-refractivity contribution in [2.75, 3.05) is 40.9 Å². The van der Waals surface area contributed by atoms with Crippen molar-refractivity contribution in [2.24, 2.45) is 0 Å². The molecule has 264 valence electrons. The number of nitrogens with zero attached hydrogens (tertiary/aromatic N) is 2. The molecule has 0 aromatic carbocycles. The minimum atomic E-state index is -4.46. The number of likely N-dealkylation sites (N-methyl/N-ethyl adjacent to an activating group) is 1. The first-order valence-electron chi connectivity index (χ1n) is 16.7. The third-order valence-corrected chi connectivity index (χ3v) is 8.74. The van der Waals surface area contributed by atoms with Gasteiger partial charge >= 0.3 is 19.5 Å². The van der Waals surface area contributed by atoms with Crippen LogP contribution >= 0.6 is 7.82 Å². The van der Waals surface area contributed by atoms with E-state index in [1.54, 1.807) is 0 Å². The second-order valence-corrected chi connectivity index (χ2v) is 14.4. The molecule has 0 saturated carbocycles. The van der Waals surface area contributed by atoms with Crippen molar-refractivity contribution in [3.8, 4) is 0 Å². The van der Waals surface area contributed by atoms with E-state index in [1.165, 1.54) is 38.5 Å². The molecule has 1 fully saturated rings. The molecule has 1 aromatic rings. The number of rotatable bonds is 24. The molecule has 46 heavy (non-hydrogen) atoms. The van der Waals surface area contributed by atoms with Crippen LogP contribution in [0.1, 0.15) is 109 Å². The molecule has 0 spiro atoms. The Bertz CT molecular complexity index is 1230. The standard InChI is InChI=1S/C32H55FN3O9P/c1-5-6-7-8-9-10-11-12-13-14-15-16-17-18-19-20-30(37)45-27-23-29(35-24-26(33)31(38)34-32(35)39)44-28(27)25-43-46(40,41)42-22-21-36(2,3)4/h12-13,24,27-29H,5-11,14-23,25H2,1-4H3,(H-,34,38,39,40,41)/p+1/b13-12+. The third kappa shape index (κ3) is 16.6. The Labute approximate surface area is 272 Å². The summed E-state index contributed by atoms with van der Waals surface area (Å²) in [7, 11) is 1.23. The quantitative estimate of drug-likeness (QED) is 0.0459. The van der Waals surface area contributed by atoms with Crippen molar-refractivity contribution in [1.29, 1.82) is 0 Å². The second-order valence-electron chi connectivity index (χ2n) is 13.0. The number of phosphoric ester groups is 1. The number of carbonyl (C=O) groups is 1. The summed E-state index contributed by atoms with van der Waals surface area (Å²) in [6, 6.07) is 0. The number of carbonyl (C=O) groups excluding carboxylic acids is 1. The van der Waals surface area contributed by atoms with Gasteiger partial charge in [0.25, 0.3) is 5.56 Å². The van der Waals surface area contributed by atoms with Gasteiger partial charge in [-0.3, -0.25) is 28.2 Å². The molecule has 0 aliphatic carbocycles. The van der Waals surface area contributed by atoms with Gasteiger partial charge in [-0.1, -0.05) is 70.4 Å². The summed E-state index contributed by atoms with van der Waals surface area (Å²) in [6.45, 7) is 2.16.